The molecule has 7 heteroatoms. The van der Waals surface area contributed by atoms with Crippen LogP contribution in [-0.4, -0.2) is 14.5 Å². The molecule has 1 aromatic rings. The lowest BCUT2D eigenvalue weighted by Crippen LogP contribution is -2.38. The van der Waals surface area contributed by atoms with E-state index in [2.05, 4.69) is 4.72 Å². The summed E-state index contributed by atoms with van der Waals surface area (Å²) in [5.41, 5.74) is 5.29. The Bertz CT molecular complexity index is 628. The molecule has 0 aliphatic heterocycles. The first-order valence-corrected chi connectivity index (χ1v) is 8.13. The highest BCUT2D eigenvalue weighted by Gasteiger charge is 2.43. The normalized spacial score (nSPS) is 19.6. The van der Waals surface area contributed by atoms with E-state index in [-0.39, 0.29) is 11.7 Å². The lowest BCUT2D eigenvalue weighted by Gasteiger charge is -2.18. The van der Waals surface area contributed by atoms with Gasteiger partial charge >= 0.3 is 0 Å². The molecule has 3 N–H and O–H groups in total. The number of benzene rings is 1. The molecule has 1 aromatic carbocycles. The Balaban J connectivity index is 1.91. The van der Waals surface area contributed by atoms with Crippen molar-refractivity contribution < 1.29 is 17.2 Å². The van der Waals surface area contributed by atoms with Gasteiger partial charge in [0.05, 0.1) is 0 Å². The quantitative estimate of drug-likeness (QED) is 0.817. The summed E-state index contributed by atoms with van der Waals surface area (Å²) in [5.74, 6) is -1.98. The molecule has 20 heavy (non-hydrogen) atoms. The van der Waals surface area contributed by atoms with Gasteiger partial charge in [-0.3, -0.25) is 0 Å². The average Bonchev–Trinajstić information content (AvgIpc) is 3.24. The van der Waals surface area contributed by atoms with Crippen LogP contribution in [0.1, 0.15) is 25.7 Å². The van der Waals surface area contributed by atoms with Crippen molar-refractivity contribution in [3.05, 3.63) is 23.8 Å². The van der Waals surface area contributed by atoms with Crippen LogP contribution in [-0.2, 0) is 10.0 Å². The van der Waals surface area contributed by atoms with E-state index in [9.17, 15) is 17.2 Å². The van der Waals surface area contributed by atoms with E-state index in [4.69, 9.17) is 5.73 Å². The fourth-order valence-corrected chi connectivity index (χ4v) is 4.00. The molecule has 2 aliphatic rings. The zero-order valence-electron chi connectivity index (χ0n) is 10.8. The lowest BCUT2D eigenvalue weighted by atomic mass is 10.1. The summed E-state index contributed by atoms with van der Waals surface area (Å²) in [6.45, 7) is 0. The number of halogens is 2. The molecule has 0 aromatic heterocycles. The number of hydrogen-bond acceptors (Lipinski definition) is 3. The minimum Gasteiger partial charge on any atom is -0.399 e. The highest BCUT2D eigenvalue weighted by molar-refractivity contribution is 7.89. The van der Waals surface area contributed by atoms with Gasteiger partial charge in [0.2, 0.25) is 10.0 Å². The first kappa shape index (κ1) is 13.8. The molecule has 2 saturated carbocycles. The third kappa shape index (κ3) is 2.64. The number of nitrogens with two attached hydrogens (primary N) is 1. The number of hydrogen-bond donors (Lipinski definition) is 2. The van der Waals surface area contributed by atoms with Crippen LogP contribution in [0.3, 0.4) is 0 Å². The summed E-state index contributed by atoms with van der Waals surface area (Å²) in [4.78, 5) is -0.707. The number of anilines is 1. The van der Waals surface area contributed by atoms with Gasteiger partial charge in [0.1, 0.15) is 4.90 Å². The highest BCUT2D eigenvalue weighted by Crippen LogP contribution is 2.45. The second kappa shape index (κ2) is 4.66. The van der Waals surface area contributed by atoms with E-state index in [1.165, 1.54) is 0 Å². The Kier molecular flexibility index (Phi) is 3.21. The van der Waals surface area contributed by atoms with Gasteiger partial charge in [-0.05, 0) is 49.7 Å². The number of sulfonamides is 1. The van der Waals surface area contributed by atoms with Gasteiger partial charge in [-0.15, -0.1) is 0 Å². The fraction of sp³-hybridized carbons (Fsp3) is 0.538. The van der Waals surface area contributed by atoms with Crippen LogP contribution in [0, 0.1) is 23.5 Å². The van der Waals surface area contributed by atoms with Crippen molar-refractivity contribution >= 4 is 15.7 Å². The first-order valence-electron chi connectivity index (χ1n) is 6.65. The molecular weight excluding hydrogens is 286 g/mol. The lowest BCUT2D eigenvalue weighted by molar-refractivity contribution is 0.459. The van der Waals surface area contributed by atoms with E-state index in [0.29, 0.717) is 11.8 Å². The minimum atomic E-state index is -4.09. The molecule has 2 aliphatic carbocycles. The largest absolute Gasteiger partial charge is 0.399 e. The number of nitrogen functional groups attached to an aromatic ring is 1. The van der Waals surface area contributed by atoms with Crippen molar-refractivity contribution in [3.63, 3.8) is 0 Å². The molecule has 4 nitrogen and oxygen atoms in total. The molecule has 0 saturated heterocycles. The zero-order valence-corrected chi connectivity index (χ0v) is 11.6. The van der Waals surface area contributed by atoms with Crippen LogP contribution >= 0.6 is 0 Å². The van der Waals surface area contributed by atoms with Gasteiger partial charge in [0.25, 0.3) is 0 Å². The van der Waals surface area contributed by atoms with E-state index in [1.807, 2.05) is 0 Å². The molecule has 0 radical (unpaired) electrons. The topological polar surface area (TPSA) is 72.2 Å². The van der Waals surface area contributed by atoms with E-state index >= 15 is 0 Å². The summed E-state index contributed by atoms with van der Waals surface area (Å²) in [6, 6.07) is 1.56. The molecule has 2 fully saturated rings. The van der Waals surface area contributed by atoms with Crippen molar-refractivity contribution in [2.75, 3.05) is 5.73 Å². The SMILES string of the molecule is Nc1cc(F)c(F)c(S(=O)(=O)NC(C2CC2)C2CC2)c1. The van der Waals surface area contributed by atoms with E-state index in [1.54, 1.807) is 0 Å². The maximum absolute atomic E-state index is 13.7. The molecule has 0 heterocycles. The minimum absolute atomic E-state index is 0.112. The van der Waals surface area contributed by atoms with Crippen molar-refractivity contribution in [2.45, 2.75) is 36.6 Å². The first-order chi connectivity index (χ1) is 9.38. The van der Waals surface area contributed by atoms with Crippen LogP contribution in [0.25, 0.3) is 0 Å². The molecule has 0 bridgehead atoms. The third-order valence-corrected chi connectivity index (χ3v) is 5.32. The van der Waals surface area contributed by atoms with Crippen LogP contribution in [0.15, 0.2) is 17.0 Å². The zero-order chi connectivity index (χ0) is 14.5. The molecule has 0 atom stereocenters. The summed E-state index contributed by atoms with van der Waals surface area (Å²) >= 11 is 0. The Morgan fingerprint density at radius 2 is 1.70 bits per heavy atom. The molecule has 0 unspecified atom stereocenters. The van der Waals surface area contributed by atoms with Gasteiger partial charge in [0, 0.05) is 11.7 Å². The summed E-state index contributed by atoms with van der Waals surface area (Å²) in [6.07, 6.45) is 3.93. The highest BCUT2D eigenvalue weighted by atomic mass is 32.2. The second-order valence-electron chi connectivity index (χ2n) is 5.64. The van der Waals surface area contributed by atoms with E-state index < -0.39 is 26.6 Å². The Labute approximate surface area is 116 Å². The number of nitrogens with one attached hydrogen (secondary N) is 1. The third-order valence-electron chi connectivity index (χ3n) is 3.86. The standard InChI is InChI=1S/C13H16F2N2O2S/c14-10-5-9(16)6-11(12(10)15)20(18,19)17-13(7-1-2-7)8-3-4-8/h5-8,13,17H,1-4,16H2. The van der Waals surface area contributed by atoms with Gasteiger partial charge in [-0.1, -0.05) is 0 Å². The monoisotopic (exact) mass is 302 g/mol. The Hall–Kier alpha value is -1.21. The van der Waals surface area contributed by atoms with E-state index in [0.717, 1.165) is 37.8 Å². The van der Waals surface area contributed by atoms with Gasteiger partial charge in [0.15, 0.2) is 11.6 Å². The van der Waals surface area contributed by atoms with Crippen LogP contribution < -0.4 is 10.5 Å². The molecule has 0 amide bonds. The summed E-state index contributed by atoms with van der Waals surface area (Å²) in [7, 11) is -4.09. The molecule has 3 rings (SSSR count). The van der Waals surface area contributed by atoms with Gasteiger partial charge in [-0.25, -0.2) is 21.9 Å². The van der Waals surface area contributed by atoms with Crippen LogP contribution in [0.5, 0.6) is 0 Å². The van der Waals surface area contributed by atoms with Crippen molar-refractivity contribution in [3.8, 4) is 0 Å². The summed E-state index contributed by atoms with van der Waals surface area (Å²) in [5, 5.41) is 0. The maximum Gasteiger partial charge on any atom is 0.243 e. The second-order valence-corrected chi connectivity index (χ2v) is 7.32. The predicted octanol–water partition coefficient (Wildman–Crippen LogP) is 2.01. The van der Waals surface area contributed by atoms with Crippen molar-refractivity contribution in [1.29, 1.82) is 0 Å². The predicted molar refractivity (Wildman–Crippen MR) is 70.3 cm³/mol. The molecular formula is C13H16F2N2O2S. The Morgan fingerprint density at radius 1 is 1.15 bits per heavy atom. The molecule has 110 valence electrons. The fourth-order valence-electron chi connectivity index (χ4n) is 2.51. The van der Waals surface area contributed by atoms with Gasteiger partial charge < -0.3 is 5.73 Å². The molecule has 0 spiro atoms. The van der Waals surface area contributed by atoms with Crippen LogP contribution in [0.4, 0.5) is 14.5 Å². The van der Waals surface area contributed by atoms with Crippen LogP contribution in [0.2, 0.25) is 0 Å². The van der Waals surface area contributed by atoms with Crippen molar-refractivity contribution in [2.24, 2.45) is 11.8 Å². The number of rotatable bonds is 5. The van der Waals surface area contributed by atoms with Crippen molar-refractivity contribution in [1.82, 2.24) is 4.72 Å². The average molecular weight is 302 g/mol. The maximum atomic E-state index is 13.7. The van der Waals surface area contributed by atoms with Gasteiger partial charge in [-0.2, -0.15) is 0 Å². The smallest absolute Gasteiger partial charge is 0.243 e. The Morgan fingerprint density at radius 3 is 2.20 bits per heavy atom. The summed E-state index contributed by atoms with van der Waals surface area (Å²) < 4.78 is 54.1.